The summed E-state index contributed by atoms with van der Waals surface area (Å²) in [7, 11) is 1.72. The molecule has 0 radical (unpaired) electrons. The van der Waals surface area contributed by atoms with E-state index in [1.807, 2.05) is 0 Å². The van der Waals surface area contributed by atoms with Crippen molar-refractivity contribution in [2.24, 2.45) is 11.3 Å². The number of amides is 1. The first-order chi connectivity index (χ1) is 8.72. The molecule has 5 nitrogen and oxygen atoms in total. The minimum absolute atomic E-state index is 0.0764. The van der Waals surface area contributed by atoms with Crippen LogP contribution in [0.25, 0.3) is 0 Å². The maximum atomic E-state index is 12.1. The maximum Gasteiger partial charge on any atom is 0.339 e. The van der Waals surface area contributed by atoms with Crippen LogP contribution in [0.4, 0.5) is 0 Å². The number of aryl methyl sites for hydroxylation is 1. The molecule has 0 saturated heterocycles. The highest BCUT2D eigenvalue weighted by Crippen LogP contribution is 2.52. The predicted molar refractivity (Wildman–Crippen MR) is 68.8 cm³/mol. The van der Waals surface area contributed by atoms with Crippen LogP contribution in [0.5, 0.6) is 0 Å². The molecule has 1 atom stereocenters. The van der Waals surface area contributed by atoms with Gasteiger partial charge < -0.3 is 14.4 Å². The lowest BCUT2D eigenvalue weighted by Crippen LogP contribution is -2.28. The van der Waals surface area contributed by atoms with Gasteiger partial charge in [0.25, 0.3) is 0 Å². The standard InChI is InChI=1S/C14H19NO4/c1-8-10(13(17)18)5-9(19-8)7-15(4)12(16)11-6-14(11,2)3/h5,11H,6-7H2,1-4H3,(H,17,18)/t11-/m1/s1. The molecule has 1 aromatic rings. The van der Waals surface area contributed by atoms with E-state index in [1.165, 1.54) is 6.07 Å². The molecule has 1 fully saturated rings. The van der Waals surface area contributed by atoms with E-state index in [0.29, 0.717) is 18.1 Å². The molecule has 1 heterocycles. The van der Waals surface area contributed by atoms with Crippen molar-refractivity contribution in [1.82, 2.24) is 4.90 Å². The number of carboxylic acids is 1. The molecule has 0 aliphatic heterocycles. The Morgan fingerprint density at radius 2 is 2.11 bits per heavy atom. The Hall–Kier alpha value is -1.78. The van der Waals surface area contributed by atoms with Gasteiger partial charge in [-0.1, -0.05) is 13.8 Å². The minimum atomic E-state index is -1.01. The third-order valence-corrected chi connectivity index (χ3v) is 3.78. The van der Waals surface area contributed by atoms with Gasteiger partial charge in [-0.3, -0.25) is 4.79 Å². The highest BCUT2D eigenvalue weighted by molar-refractivity contribution is 5.88. The smallest absolute Gasteiger partial charge is 0.339 e. The number of hydrogen-bond donors (Lipinski definition) is 1. The fourth-order valence-corrected chi connectivity index (χ4v) is 2.30. The fraction of sp³-hybridized carbons (Fsp3) is 0.571. The highest BCUT2D eigenvalue weighted by atomic mass is 16.4. The van der Waals surface area contributed by atoms with Gasteiger partial charge >= 0.3 is 5.97 Å². The molecule has 1 saturated carbocycles. The zero-order chi connectivity index (χ0) is 14.4. The van der Waals surface area contributed by atoms with Gasteiger partial charge in [-0.2, -0.15) is 0 Å². The molecule has 1 aliphatic carbocycles. The molecular formula is C14H19NO4. The van der Waals surface area contributed by atoms with Crippen LogP contribution in [0.1, 0.15) is 42.1 Å². The van der Waals surface area contributed by atoms with Crippen LogP contribution < -0.4 is 0 Å². The average Bonchev–Trinajstić information content (AvgIpc) is 2.75. The number of aromatic carboxylic acids is 1. The molecule has 0 spiro atoms. The second kappa shape index (κ2) is 4.40. The number of nitrogens with zero attached hydrogens (tertiary/aromatic N) is 1. The molecule has 1 aliphatic rings. The summed E-state index contributed by atoms with van der Waals surface area (Å²) >= 11 is 0. The minimum Gasteiger partial charge on any atom is -0.478 e. The first kappa shape index (κ1) is 13.6. The van der Waals surface area contributed by atoms with Crippen molar-refractivity contribution in [1.29, 1.82) is 0 Å². The number of furan rings is 1. The molecule has 5 heteroatoms. The van der Waals surface area contributed by atoms with E-state index in [0.717, 1.165) is 6.42 Å². The summed E-state index contributed by atoms with van der Waals surface area (Å²) in [5.41, 5.74) is 0.249. The Morgan fingerprint density at radius 3 is 2.53 bits per heavy atom. The summed E-state index contributed by atoms with van der Waals surface area (Å²) in [4.78, 5) is 24.6. The van der Waals surface area contributed by atoms with Crippen molar-refractivity contribution in [2.75, 3.05) is 7.05 Å². The number of carbonyl (C=O) groups excluding carboxylic acids is 1. The zero-order valence-corrected chi connectivity index (χ0v) is 11.7. The van der Waals surface area contributed by atoms with Crippen LogP contribution in [0.15, 0.2) is 10.5 Å². The van der Waals surface area contributed by atoms with Crippen molar-refractivity contribution in [2.45, 2.75) is 33.7 Å². The Balaban J connectivity index is 2.03. The fourth-order valence-electron chi connectivity index (χ4n) is 2.30. The molecule has 0 unspecified atom stereocenters. The lowest BCUT2D eigenvalue weighted by molar-refractivity contribution is -0.132. The molecular weight excluding hydrogens is 246 g/mol. The van der Waals surface area contributed by atoms with Crippen LogP contribution in [0.2, 0.25) is 0 Å². The molecule has 1 amide bonds. The van der Waals surface area contributed by atoms with Crippen LogP contribution in [0.3, 0.4) is 0 Å². The maximum absolute atomic E-state index is 12.1. The Morgan fingerprint density at radius 1 is 1.53 bits per heavy atom. The van der Waals surface area contributed by atoms with Crippen molar-refractivity contribution < 1.29 is 19.1 Å². The van der Waals surface area contributed by atoms with Crippen molar-refractivity contribution >= 4 is 11.9 Å². The van der Waals surface area contributed by atoms with Gasteiger partial charge in [0.2, 0.25) is 5.91 Å². The predicted octanol–water partition coefficient (Wildman–Crippen LogP) is 2.29. The van der Waals surface area contributed by atoms with Crippen molar-refractivity contribution in [3.8, 4) is 0 Å². The van der Waals surface area contributed by atoms with Crippen LogP contribution in [-0.4, -0.2) is 28.9 Å². The lowest BCUT2D eigenvalue weighted by atomic mass is 10.1. The number of carbonyl (C=O) groups is 2. The Labute approximate surface area is 112 Å². The van der Waals surface area contributed by atoms with Gasteiger partial charge in [-0.05, 0) is 24.8 Å². The molecule has 104 valence electrons. The first-order valence-electron chi connectivity index (χ1n) is 6.30. The third kappa shape index (κ3) is 2.64. The van der Waals surface area contributed by atoms with Gasteiger partial charge in [0.05, 0.1) is 6.54 Å². The Bertz CT molecular complexity index is 530. The number of hydrogen-bond acceptors (Lipinski definition) is 3. The summed E-state index contributed by atoms with van der Waals surface area (Å²) in [5, 5.41) is 8.95. The van der Waals surface area contributed by atoms with Crippen molar-refractivity contribution in [3.63, 3.8) is 0 Å². The molecule has 1 N–H and O–H groups in total. The van der Waals surface area contributed by atoms with E-state index in [2.05, 4.69) is 13.8 Å². The summed E-state index contributed by atoms with van der Waals surface area (Å²) < 4.78 is 5.37. The van der Waals surface area contributed by atoms with E-state index >= 15 is 0 Å². The van der Waals surface area contributed by atoms with Gasteiger partial charge in [-0.25, -0.2) is 4.79 Å². The second-order valence-corrected chi connectivity index (χ2v) is 5.93. The lowest BCUT2D eigenvalue weighted by Gasteiger charge is -2.16. The van der Waals surface area contributed by atoms with E-state index in [-0.39, 0.29) is 22.8 Å². The van der Waals surface area contributed by atoms with Gasteiger partial charge in [-0.15, -0.1) is 0 Å². The summed E-state index contributed by atoms with van der Waals surface area (Å²) in [6.45, 7) is 6.06. The third-order valence-electron chi connectivity index (χ3n) is 3.78. The van der Waals surface area contributed by atoms with Crippen LogP contribution in [-0.2, 0) is 11.3 Å². The first-order valence-corrected chi connectivity index (χ1v) is 6.30. The molecule has 0 aromatic carbocycles. The zero-order valence-electron chi connectivity index (χ0n) is 11.7. The molecule has 1 aromatic heterocycles. The SMILES string of the molecule is Cc1oc(CN(C)C(=O)[C@H]2CC2(C)C)cc1C(=O)O. The largest absolute Gasteiger partial charge is 0.478 e. The monoisotopic (exact) mass is 265 g/mol. The normalized spacial score (nSPS) is 20.1. The summed E-state index contributed by atoms with van der Waals surface area (Å²) in [6.07, 6.45) is 0.910. The van der Waals surface area contributed by atoms with E-state index in [4.69, 9.17) is 9.52 Å². The van der Waals surface area contributed by atoms with E-state index in [1.54, 1.807) is 18.9 Å². The van der Waals surface area contributed by atoms with Crippen LogP contribution in [0, 0.1) is 18.3 Å². The Kier molecular flexibility index (Phi) is 3.16. The summed E-state index contributed by atoms with van der Waals surface area (Å²) in [5.74, 6) is 0.0348. The van der Waals surface area contributed by atoms with Gasteiger partial charge in [0.1, 0.15) is 17.1 Å². The molecule has 0 bridgehead atoms. The highest BCUT2D eigenvalue weighted by Gasteiger charge is 2.51. The van der Waals surface area contributed by atoms with Crippen molar-refractivity contribution in [3.05, 3.63) is 23.2 Å². The topological polar surface area (TPSA) is 70.8 Å². The summed E-state index contributed by atoms with van der Waals surface area (Å²) in [6, 6.07) is 1.49. The molecule has 19 heavy (non-hydrogen) atoms. The number of rotatable bonds is 4. The van der Waals surface area contributed by atoms with E-state index in [9.17, 15) is 9.59 Å². The van der Waals surface area contributed by atoms with E-state index < -0.39 is 5.97 Å². The quantitative estimate of drug-likeness (QED) is 0.906. The average molecular weight is 265 g/mol. The molecule has 2 rings (SSSR count). The van der Waals surface area contributed by atoms with Gasteiger partial charge in [0, 0.05) is 13.0 Å². The van der Waals surface area contributed by atoms with Crippen LogP contribution >= 0.6 is 0 Å². The van der Waals surface area contributed by atoms with Gasteiger partial charge in [0.15, 0.2) is 0 Å². The number of carboxylic acid groups (broad SMARTS) is 1. The second-order valence-electron chi connectivity index (χ2n) is 5.93.